The van der Waals surface area contributed by atoms with Gasteiger partial charge in [0.25, 0.3) is 0 Å². The first-order chi connectivity index (χ1) is 12.7. The Bertz CT molecular complexity index is 710. The third-order valence-corrected chi connectivity index (χ3v) is 4.93. The minimum absolute atomic E-state index is 0.0271. The van der Waals surface area contributed by atoms with Crippen molar-refractivity contribution in [2.45, 2.75) is 63.0 Å². The molecule has 156 valence electrons. The normalized spacial score (nSPS) is 20.9. The molecular weight excluding hydrogens is 405 g/mol. The number of alkyl halides is 2. The van der Waals surface area contributed by atoms with Gasteiger partial charge in [-0.1, -0.05) is 30.3 Å². The van der Waals surface area contributed by atoms with Gasteiger partial charge in [-0.05, 0) is 47.1 Å². The molecule has 28 heavy (non-hydrogen) atoms. The number of carbonyl (C=O) groups is 2. The number of benzene rings is 1. The molecule has 0 N–H and O–H groups in total. The van der Waals surface area contributed by atoms with E-state index < -0.39 is 27.8 Å². The number of hydroxylamine groups is 2. The molecule has 8 heteroatoms. The number of hydrogen-bond acceptors (Lipinski definition) is 5. The van der Waals surface area contributed by atoms with E-state index in [0.29, 0.717) is 0 Å². The minimum atomic E-state index is -1.08. The van der Waals surface area contributed by atoms with Gasteiger partial charge in [0.2, 0.25) is 0 Å². The maximum atomic E-state index is 12.6. The summed E-state index contributed by atoms with van der Waals surface area (Å²) < 4.78 is 9.39. The zero-order chi connectivity index (χ0) is 21.3. The second-order valence-corrected chi connectivity index (χ2v) is 10.2. The Labute approximate surface area is 176 Å². The first-order valence-corrected chi connectivity index (χ1v) is 9.80. The molecule has 1 saturated carbocycles. The molecule has 2 atom stereocenters. The minimum Gasteiger partial charge on any atom is -0.442 e. The summed E-state index contributed by atoms with van der Waals surface area (Å²) in [5, 5.41) is 0.826. The van der Waals surface area contributed by atoms with E-state index in [0.717, 1.165) is 10.6 Å². The number of hydrogen-bond donors (Lipinski definition) is 0. The van der Waals surface area contributed by atoms with E-state index in [1.807, 2.05) is 30.3 Å². The van der Waals surface area contributed by atoms with Gasteiger partial charge in [-0.2, -0.15) is 0 Å². The van der Waals surface area contributed by atoms with E-state index in [1.54, 1.807) is 41.5 Å². The Kier molecular flexibility index (Phi) is 6.46. The Hall–Kier alpha value is -1.66. The lowest BCUT2D eigenvalue weighted by Gasteiger charge is -2.27. The molecule has 0 aromatic heterocycles. The third kappa shape index (κ3) is 6.17. The van der Waals surface area contributed by atoms with Crippen molar-refractivity contribution in [2.24, 2.45) is 5.92 Å². The Morgan fingerprint density at radius 1 is 1.00 bits per heavy atom. The van der Waals surface area contributed by atoms with Gasteiger partial charge >= 0.3 is 12.2 Å². The lowest BCUT2D eigenvalue weighted by Crippen LogP contribution is -2.41. The van der Waals surface area contributed by atoms with Crippen LogP contribution in [0.15, 0.2) is 30.3 Å². The molecule has 6 nitrogen and oxygen atoms in total. The summed E-state index contributed by atoms with van der Waals surface area (Å²) in [6.07, 6.45) is -1.83. The smallest absolute Gasteiger partial charge is 0.442 e. The Balaban J connectivity index is 2.15. The van der Waals surface area contributed by atoms with Gasteiger partial charge in [0.05, 0.1) is 6.54 Å². The summed E-state index contributed by atoms with van der Waals surface area (Å²) in [7, 11) is 0. The van der Waals surface area contributed by atoms with Crippen LogP contribution in [0.3, 0.4) is 0 Å². The first-order valence-electron chi connectivity index (χ1n) is 9.05. The summed E-state index contributed by atoms with van der Waals surface area (Å²) in [4.78, 5) is 29.8. The van der Waals surface area contributed by atoms with Crippen molar-refractivity contribution >= 4 is 35.5 Å². The maximum absolute atomic E-state index is 12.6. The van der Waals surface area contributed by atoms with Crippen molar-refractivity contribution in [3.05, 3.63) is 35.9 Å². The Morgan fingerprint density at radius 3 is 2.04 bits per heavy atom. The van der Waals surface area contributed by atoms with Crippen molar-refractivity contribution in [3.8, 4) is 0 Å². The van der Waals surface area contributed by atoms with Crippen LogP contribution in [0.25, 0.3) is 0 Å². The number of halogens is 2. The predicted octanol–water partition coefficient (Wildman–Crippen LogP) is 5.68. The molecule has 1 aliphatic carbocycles. The second-order valence-electron chi connectivity index (χ2n) is 8.77. The van der Waals surface area contributed by atoms with Gasteiger partial charge < -0.3 is 14.3 Å². The number of amides is 1. The van der Waals surface area contributed by atoms with Crippen LogP contribution in [0.4, 0.5) is 9.59 Å². The number of ether oxygens (including phenoxy) is 2. The fourth-order valence-electron chi connectivity index (χ4n) is 2.73. The quantitative estimate of drug-likeness (QED) is 0.349. The molecule has 0 radical (unpaired) electrons. The highest BCUT2D eigenvalue weighted by molar-refractivity contribution is 6.52. The summed E-state index contributed by atoms with van der Waals surface area (Å²) in [6, 6.07) is 9.49. The van der Waals surface area contributed by atoms with Gasteiger partial charge in [0, 0.05) is 11.8 Å². The first kappa shape index (κ1) is 22.6. The van der Waals surface area contributed by atoms with Crippen molar-refractivity contribution in [1.29, 1.82) is 0 Å². The van der Waals surface area contributed by atoms with Crippen LogP contribution < -0.4 is 0 Å². The number of carbonyl (C=O) groups excluding carboxylic acids is 2. The SMILES string of the molecule is CC(C)(C)OC(=O)ON(C[C@H]1[C@H](c2ccccc2)C1(Cl)Cl)C(=O)OC(C)(C)C. The van der Waals surface area contributed by atoms with Crippen molar-refractivity contribution < 1.29 is 23.9 Å². The topological polar surface area (TPSA) is 65.1 Å². The largest absolute Gasteiger partial charge is 0.534 e. The van der Waals surface area contributed by atoms with E-state index in [2.05, 4.69) is 0 Å². The fraction of sp³-hybridized carbons (Fsp3) is 0.600. The summed E-state index contributed by atoms with van der Waals surface area (Å²) >= 11 is 12.9. The highest BCUT2D eigenvalue weighted by Gasteiger charge is 2.64. The van der Waals surface area contributed by atoms with Crippen LogP contribution in [0.5, 0.6) is 0 Å². The monoisotopic (exact) mass is 431 g/mol. The molecule has 1 aromatic rings. The fourth-order valence-corrected chi connectivity index (χ4v) is 3.55. The van der Waals surface area contributed by atoms with Crippen LogP contribution in [0, 0.1) is 5.92 Å². The standard InChI is InChI=1S/C20H27Cl2NO5/c1-18(2,3)26-16(24)23(28-17(25)27-19(4,5)6)12-14-15(20(14,21)22)13-10-8-7-9-11-13/h7-11,14-15H,12H2,1-6H3/t14-,15-/m0/s1. The molecule has 1 amide bonds. The highest BCUT2D eigenvalue weighted by atomic mass is 35.5. The molecular formula is C20H27Cl2NO5. The van der Waals surface area contributed by atoms with Crippen LogP contribution in [-0.2, 0) is 14.3 Å². The average molecular weight is 432 g/mol. The molecule has 1 fully saturated rings. The molecule has 0 bridgehead atoms. The lowest BCUT2D eigenvalue weighted by molar-refractivity contribution is -0.138. The molecule has 0 aliphatic heterocycles. The molecule has 1 aromatic carbocycles. The lowest BCUT2D eigenvalue weighted by atomic mass is 10.1. The van der Waals surface area contributed by atoms with E-state index in [4.69, 9.17) is 37.5 Å². The van der Waals surface area contributed by atoms with Gasteiger partial charge in [-0.15, -0.1) is 28.3 Å². The van der Waals surface area contributed by atoms with Crippen LogP contribution >= 0.6 is 23.2 Å². The van der Waals surface area contributed by atoms with Crippen LogP contribution in [0.1, 0.15) is 53.0 Å². The maximum Gasteiger partial charge on any atom is 0.534 e. The zero-order valence-electron chi connectivity index (χ0n) is 17.0. The number of rotatable bonds is 3. The molecule has 0 spiro atoms. The third-order valence-electron chi connectivity index (χ3n) is 3.89. The predicted molar refractivity (Wildman–Crippen MR) is 107 cm³/mol. The van der Waals surface area contributed by atoms with Gasteiger partial charge in [0.1, 0.15) is 15.5 Å². The van der Waals surface area contributed by atoms with Gasteiger partial charge in [-0.25, -0.2) is 9.59 Å². The van der Waals surface area contributed by atoms with Crippen molar-refractivity contribution in [1.82, 2.24) is 5.06 Å². The zero-order valence-corrected chi connectivity index (χ0v) is 18.5. The molecule has 0 saturated heterocycles. The van der Waals surface area contributed by atoms with E-state index in [9.17, 15) is 9.59 Å². The van der Waals surface area contributed by atoms with Gasteiger partial charge in [-0.3, -0.25) is 0 Å². The molecule has 0 heterocycles. The molecule has 1 aliphatic rings. The van der Waals surface area contributed by atoms with Crippen molar-refractivity contribution in [3.63, 3.8) is 0 Å². The number of nitrogens with zero attached hydrogens (tertiary/aromatic N) is 1. The second kappa shape index (κ2) is 7.99. The highest BCUT2D eigenvalue weighted by Crippen LogP contribution is 2.65. The van der Waals surface area contributed by atoms with E-state index >= 15 is 0 Å². The van der Waals surface area contributed by atoms with E-state index in [1.165, 1.54) is 0 Å². The molecule has 2 rings (SSSR count). The summed E-state index contributed by atoms with van der Waals surface area (Å²) in [6.45, 7) is 10.2. The van der Waals surface area contributed by atoms with E-state index in [-0.39, 0.29) is 18.4 Å². The summed E-state index contributed by atoms with van der Waals surface area (Å²) in [5.41, 5.74) is -0.599. The Morgan fingerprint density at radius 2 is 1.54 bits per heavy atom. The van der Waals surface area contributed by atoms with Crippen molar-refractivity contribution in [2.75, 3.05) is 6.54 Å². The van der Waals surface area contributed by atoms with Crippen LogP contribution in [-0.4, -0.2) is 39.4 Å². The summed E-state index contributed by atoms with van der Waals surface area (Å²) in [5.74, 6) is -0.544. The van der Waals surface area contributed by atoms with Gasteiger partial charge in [0.15, 0.2) is 0 Å². The average Bonchev–Trinajstić information content (AvgIpc) is 3.04. The van der Waals surface area contributed by atoms with Crippen LogP contribution in [0.2, 0.25) is 0 Å². The molecule has 0 unspecified atom stereocenters.